The number of thiophene rings is 1. The highest BCUT2D eigenvalue weighted by Gasteiger charge is 2.27. The Labute approximate surface area is 201 Å². The number of rotatable bonds is 8. The minimum Gasteiger partial charge on any atom is -0.469 e. The van der Waals surface area contributed by atoms with Crippen molar-refractivity contribution in [2.75, 3.05) is 26.2 Å². The summed E-state index contributed by atoms with van der Waals surface area (Å²) in [6, 6.07) is 9.65. The van der Waals surface area contributed by atoms with Gasteiger partial charge in [-0.05, 0) is 49.3 Å². The van der Waals surface area contributed by atoms with Crippen LogP contribution in [0, 0.1) is 0 Å². The molecule has 1 saturated heterocycles. The highest BCUT2D eigenvalue weighted by molar-refractivity contribution is 14.0. The van der Waals surface area contributed by atoms with Crippen LogP contribution in [0.5, 0.6) is 0 Å². The maximum Gasteiger partial charge on any atom is 0.191 e. The molecular formula is C23H35IN4OS. The molecule has 2 fully saturated rings. The van der Waals surface area contributed by atoms with E-state index in [0.29, 0.717) is 6.04 Å². The first-order valence-electron chi connectivity index (χ1n) is 11.2. The second-order valence-corrected chi connectivity index (χ2v) is 9.24. The van der Waals surface area contributed by atoms with Crippen LogP contribution >= 0.6 is 35.3 Å². The van der Waals surface area contributed by atoms with E-state index >= 15 is 0 Å². The molecule has 2 aromatic rings. The van der Waals surface area contributed by atoms with Gasteiger partial charge >= 0.3 is 0 Å². The van der Waals surface area contributed by atoms with Gasteiger partial charge in [-0.15, -0.1) is 35.3 Å². The lowest BCUT2D eigenvalue weighted by Gasteiger charge is -2.36. The summed E-state index contributed by atoms with van der Waals surface area (Å²) < 4.78 is 5.45. The van der Waals surface area contributed by atoms with Crippen molar-refractivity contribution in [3.05, 3.63) is 46.5 Å². The van der Waals surface area contributed by atoms with Crippen LogP contribution in [0.1, 0.15) is 49.2 Å². The third-order valence-corrected chi connectivity index (χ3v) is 7.10. The molecule has 0 bridgehead atoms. The number of aliphatic imine (C=N–C) groups is 1. The van der Waals surface area contributed by atoms with Crippen LogP contribution in [0.15, 0.2) is 45.3 Å². The largest absolute Gasteiger partial charge is 0.469 e. The van der Waals surface area contributed by atoms with E-state index in [0.717, 1.165) is 43.7 Å². The molecule has 1 saturated carbocycles. The molecule has 3 heterocycles. The Kier molecular flexibility index (Phi) is 10.00. The van der Waals surface area contributed by atoms with Crippen LogP contribution in [0.3, 0.4) is 0 Å². The summed E-state index contributed by atoms with van der Waals surface area (Å²) in [4.78, 5) is 8.99. The van der Waals surface area contributed by atoms with Gasteiger partial charge in [-0.1, -0.05) is 18.9 Å². The number of nitrogens with one attached hydrogen (secondary N) is 2. The van der Waals surface area contributed by atoms with Crippen LogP contribution in [0.4, 0.5) is 0 Å². The summed E-state index contributed by atoms with van der Waals surface area (Å²) in [5.41, 5.74) is 0. The van der Waals surface area contributed by atoms with Gasteiger partial charge in [0.25, 0.3) is 0 Å². The van der Waals surface area contributed by atoms with Gasteiger partial charge in [0, 0.05) is 56.0 Å². The summed E-state index contributed by atoms with van der Waals surface area (Å²) >= 11 is 1.81. The fourth-order valence-electron chi connectivity index (χ4n) is 4.52. The standard InChI is InChI=1S/C23H34N4OS.HI/c1-2-6-20(5-1)27-15-11-19(12-16-27)26-23(24-13-9-21-7-3-17-28-21)25-14-10-22-8-4-18-29-22;/h3-4,7-8,17-20H,1-2,5-6,9-16H2,(H2,24,25,26);1H. The first-order chi connectivity index (χ1) is 14.4. The Bertz CT molecular complexity index is 720. The summed E-state index contributed by atoms with van der Waals surface area (Å²) in [6.07, 6.45) is 11.7. The predicted molar refractivity (Wildman–Crippen MR) is 136 cm³/mol. The fraction of sp³-hybridized carbons (Fsp3) is 0.609. The molecule has 166 valence electrons. The lowest BCUT2D eigenvalue weighted by molar-refractivity contribution is 0.150. The Morgan fingerprint density at radius 3 is 2.63 bits per heavy atom. The molecule has 0 aromatic carbocycles. The molecular weight excluding hydrogens is 507 g/mol. The van der Waals surface area contributed by atoms with Crippen molar-refractivity contribution in [2.45, 2.75) is 63.5 Å². The Morgan fingerprint density at radius 1 is 1.10 bits per heavy atom. The molecule has 4 rings (SSSR count). The van der Waals surface area contributed by atoms with Crippen LogP contribution in [0.25, 0.3) is 0 Å². The zero-order valence-corrected chi connectivity index (χ0v) is 20.9. The molecule has 30 heavy (non-hydrogen) atoms. The third-order valence-electron chi connectivity index (χ3n) is 6.16. The molecule has 2 N–H and O–H groups in total. The van der Waals surface area contributed by atoms with Crippen molar-refractivity contribution in [1.29, 1.82) is 0 Å². The molecule has 0 atom stereocenters. The molecule has 1 aliphatic heterocycles. The van der Waals surface area contributed by atoms with E-state index in [2.05, 4.69) is 33.0 Å². The highest BCUT2D eigenvalue weighted by atomic mass is 127. The zero-order chi connectivity index (χ0) is 19.7. The number of hydrogen-bond donors (Lipinski definition) is 2. The number of halogens is 1. The van der Waals surface area contributed by atoms with Gasteiger partial charge in [-0.2, -0.15) is 0 Å². The molecule has 5 nitrogen and oxygen atoms in total. The topological polar surface area (TPSA) is 52.8 Å². The molecule has 0 unspecified atom stereocenters. The fourth-order valence-corrected chi connectivity index (χ4v) is 5.21. The molecule has 0 amide bonds. The quantitative estimate of drug-likeness (QED) is 0.289. The van der Waals surface area contributed by atoms with Crippen molar-refractivity contribution >= 4 is 41.3 Å². The number of nitrogens with zero attached hydrogens (tertiary/aromatic N) is 2. The second-order valence-electron chi connectivity index (χ2n) is 8.21. The first kappa shape index (κ1) is 23.6. The molecule has 7 heteroatoms. The Morgan fingerprint density at radius 2 is 1.93 bits per heavy atom. The highest BCUT2D eigenvalue weighted by Crippen LogP contribution is 2.26. The van der Waals surface area contributed by atoms with Gasteiger partial charge in [0.05, 0.1) is 6.26 Å². The predicted octanol–water partition coefficient (Wildman–Crippen LogP) is 4.69. The Hall–Kier alpha value is -1.06. The average molecular weight is 543 g/mol. The van der Waals surface area contributed by atoms with Crippen molar-refractivity contribution in [3.8, 4) is 0 Å². The van der Waals surface area contributed by atoms with Crippen molar-refractivity contribution in [2.24, 2.45) is 4.99 Å². The number of guanidine groups is 1. The van der Waals surface area contributed by atoms with Gasteiger partial charge in [-0.25, -0.2) is 0 Å². The minimum absolute atomic E-state index is 0. The monoisotopic (exact) mass is 542 g/mol. The maximum absolute atomic E-state index is 5.45. The molecule has 2 aliphatic rings. The lowest BCUT2D eigenvalue weighted by atomic mass is 10.0. The van der Waals surface area contributed by atoms with Crippen LogP contribution in [0.2, 0.25) is 0 Å². The van der Waals surface area contributed by atoms with E-state index in [9.17, 15) is 0 Å². The van der Waals surface area contributed by atoms with E-state index in [1.165, 1.54) is 56.5 Å². The lowest BCUT2D eigenvalue weighted by Crippen LogP contribution is -2.50. The summed E-state index contributed by atoms with van der Waals surface area (Å²) in [5, 5.41) is 9.37. The second kappa shape index (κ2) is 12.7. The van der Waals surface area contributed by atoms with Gasteiger partial charge < -0.3 is 20.0 Å². The summed E-state index contributed by atoms with van der Waals surface area (Å²) in [5.74, 6) is 1.97. The van der Waals surface area contributed by atoms with Crippen LogP contribution < -0.4 is 10.6 Å². The van der Waals surface area contributed by atoms with Gasteiger partial charge in [0.15, 0.2) is 5.96 Å². The summed E-state index contributed by atoms with van der Waals surface area (Å²) in [6.45, 7) is 4.09. The number of furan rings is 1. The summed E-state index contributed by atoms with van der Waals surface area (Å²) in [7, 11) is 0. The van der Waals surface area contributed by atoms with Crippen LogP contribution in [-0.2, 0) is 12.8 Å². The minimum atomic E-state index is 0. The van der Waals surface area contributed by atoms with E-state index < -0.39 is 0 Å². The van der Waals surface area contributed by atoms with Gasteiger partial charge in [0.1, 0.15) is 5.76 Å². The van der Waals surface area contributed by atoms with Crippen molar-refractivity contribution in [3.63, 3.8) is 0 Å². The number of likely N-dealkylation sites (tertiary alicyclic amines) is 1. The molecule has 0 spiro atoms. The average Bonchev–Trinajstić information content (AvgIpc) is 3.51. The van der Waals surface area contributed by atoms with Gasteiger partial charge in [-0.3, -0.25) is 4.99 Å². The van der Waals surface area contributed by atoms with E-state index in [1.54, 1.807) is 6.26 Å². The number of piperidine rings is 1. The van der Waals surface area contributed by atoms with Crippen molar-refractivity contribution in [1.82, 2.24) is 15.5 Å². The Balaban J connectivity index is 0.00000256. The van der Waals surface area contributed by atoms with Gasteiger partial charge in [0.2, 0.25) is 0 Å². The van der Waals surface area contributed by atoms with Crippen molar-refractivity contribution < 1.29 is 4.42 Å². The molecule has 1 aliphatic carbocycles. The molecule has 2 aromatic heterocycles. The maximum atomic E-state index is 5.45. The smallest absolute Gasteiger partial charge is 0.191 e. The van der Waals surface area contributed by atoms with E-state index in [1.807, 2.05) is 23.5 Å². The third kappa shape index (κ3) is 7.27. The normalized spacial score (nSPS) is 19.0. The molecule has 0 radical (unpaired) electrons. The first-order valence-corrected chi connectivity index (χ1v) is 12.1. The van der Waals surface area contributed by atoms with E-state index in [4.69, 9.17) is 9.41 Å². The zero-order valence-electron chi connectivity index (χ0n) is 17.7. The number of hydrogen-bond acceptors (Lipinski definition) is 4. The van der Waals surface area contributed by atoms with E-state index in [-0.39, 0.29) is 24.0 Å². The SMILES string of the molecule is I.c1coc(CCNC(=NCCc2cccs2)NC2CCN(C3CCCC3)CC2)c1. The van der Waals surface area contributed by atoms with Crippen LogP contribution in [-0.4, -0.2) is 49.1 Å².